The van der Waals surface area contributed by atoms with E-state index >= 15 is 0 Å². The van der Waals surface area contributed by atoms with Crippen LogP contribution >= 0.6 is 0 Å². The number of ether oxygens (including phenoxy) is 1. The maximum absolute atomic E-state index is 13.2. The fourth-order valence-corrected chi connectivity index (χ4v) is 3.42. The van der Waals surface area contributed by atoms with Crippen molar-refractivity contribution in [1.29, 1.82) is 0 Å². The number of piperidine rings is 1. The zero-order valence-corrected chi connectivity index (χ0v) is 16.7. The molecule has 1 aromatic carbocycles. The number of carboxylic acids is 1. The molecule has 0 unspecified atom stereocenters. The van der Waals surface area contributed by atoms with Gasteiger partial charge in [0.2, 0.25) is 5.95 Å². The van der Waals surface area contributed by atoms with Crippen LogP contribution in [0, 0.1) is 0 Å². The average Bonchev–Trinajstić information content (AvgIpc) is 3.22. The number of rotatable bonds is 6. The highest BCUT2D eigenvalue weighted by Crippen LogP contribution is 2.37. The molecule has 32 heavy (non-hydrogen) atoms. The summed E-state index contributed by atoms with van der Waals surface area (Å²) < 4.78 is 46.3. The number of carbonyl (C=O) groups is 1. The number of aromatic nitrogens is 5. The van der Waals surface area contributed by atoms with Gasteiger partial charge in [-0.15, -0.1) is 5.10 Å². The number of hydrogen-bond donors (Lipinski definition) is 1. The molecule has 0 aliphatic carbocycles. The summed E-state index contributed by atoms with van der Waals surface area (Å²) >= 11 is 0. The smallest absolute Gasteiger partial charge is 0.419 e. The fourth-order valence-electron chi connectivity index (χ4n) is 3.42. The normalized spacial score (nSPS) is 15.0. The van der Waals surface area contributed by atoms with E-state index in [4.69, 9.17) is 9.84 Å². The van der Waals surface area contributed by atoms with Crippen LogP contribution in [0.1, 0.15) is 18.4 Å². The summed E-state index contributed by atoms with van der Waals surface area (Å²) in [6, 6.07) is 5.21. The molecule has 1 N–H and O–H groups in total. The van der Waals surface area contributed by atoms with E-state index in [-0.39, 0.29) is 18.4 Å². The second-order valence-electron chi connectivity index (χ2n) is 7.27. The van der Waals surface area contributed by atoms with Gasteiger partial charge in [0.1, 0.15) is 24.1 Å². The van der Waals surface area contributed by atoms with Gasteiger partial charge in [0, 0.05) is 43.9 Å². The van der Waals surface area contributed by atoms with Crippen LogP contribution in [0.25, 0.3) is 11.3 Å². The van der Waals surface area contributed by atoms with Gasteiger partial charge in [-0.05, 0) is 12.1 Å². The lowest BCUT2D eigenvalue weighted by Gasteiger charge is -2.32. The van der Waals surface area contributed by atoms with E-state index in [0.29, 0.717) is 43.1 Å². The predicted molar refractivity (Wildman–Crippen MR) is 106 cm³/mol. The van der Waals surface area contributed by atoms with Gasteiger partial charge >= 0.3 is 12.1 Å². The first-order chi connectivity index (χ1) is 15.3. The van der Waals surface area contributed by atoms with Gasteiger partial charge in [0.15, 0.2) is 0 Å². The lowest BCUT2D eigenvalue weighted by atomic mass is 10.1. The minimum atomic E-state index is -4.47. The van der Waals surface area contributed by atoms with Gasteiger partial charge in [0.05, 0.1) is 11.8 Å². The maximum Gasteiger partial charge on any atom is 0.419 e. The first kappa shape index (κ1) is 21.5. The van der Waals surface area contributed by atoms with E-state index < -0.39 is 17.7 Å². The Labute approximate surface area is 180 Å². The molecule has 168 valence electrons. The number of alkyl halides is 3. The van der Waals surface area contributed by atoms with Crippen molar-refractivity contribution in [3.8, 4) is 17.0 Å². The molecule has 2 aromatic heterocycles. The van der Waals surface area contributed by atoms with Gasteiger partial charge in [0.25, 0.3) is 0 Å². The molecule has 1 aliphatic rings. The van der Waals surface area contributed by atoms with E-state index in [0.717, 1.165) is 6.07 Å². The zero-order chi connectivity index (χ0) is 22.7. The Hall–Kier alpha value is -3.70. The van der Waals surface area contributed by atoms with Gasteiger partial charge in [-0.3, -0.25) is 4.79 Å². The molecular weight excluding hydrogens is 429 g/mol. The highest BCUT2D eigenvalue weighted by atomic mass is 19.4. The third kappa shape index (κ3) is 4.95. The molecule has 0 saturated carbocycles. The van der Waals surface area contributed by atoms with Crippen molar-refractivity contribution in [2.45, 2.75) is 31.7 Å². The van der Waals surface area contributed by atoms with Gasteiger partial charge in [-0.2, -0.15) is 13.2 Å². The SMILES string of the molecule is O=C(O)Cn1cc(-c2cnc(N3CCC(Oc4ccccc4C(F)(F)F)CC3)nc2)nn1. The van der Waals surface area contributed by atoms with E-state index in [2.05, 4.69) is 20.3 Å². The molecule has 1 saturated heterocycles. The molecular formula is C20H19F3N6O3. The average molecular weight is 448 g/mol. The highest BCUT2D eigenvalue weighted by molar-refractivity contribution is 5.66. The zero-order valence-electron chi connectivity index (χ0n) is 16.7. The summed E-state index contributed by atoms with van der Waals surface area (Å²) in [5, 5.41) is 16.5. The van der Waals surface area contributed by atoms with Crippen LogP contribution in [0.2, 0.25) is 0 Å². The summed E-state index contributed by atoms with van der Waals surface area (Å²) in [5.74, 6) is -0.696. The van der Waals surface area contributed by atoms with Crippen molar-refractivity contribution >= 4 is 11.9 Å². The standard InChI is InChI=1S/C20H19F3N6O3/c21-20(22,23)15-3-1-2-4-17(15)32-14-5-7-28(8-6-14)19-24-9-13(10-25-19)16-11-29(27-26-16)12-18(30)31/h1-4,9-11,14H,5-8,12H2,(H,30,31). The first-order valence-corrected chi connectivity index (χ1v) is 9.82. The van der Waals surface area contributed by atoms with Crippen molar-refractivity contribution in [3.05, 3.63) is 48.4 Å². The summed E-state index contributed by atoms with van der Waals surface area (Å²) in [7, 11) is 0. The van der Waals surface area contributed by atoms with Gasteiger partial charge in [-0.25, -0.2) is 14.6 Å². The van der Waals surface area contributed by atoms with Crippen LogP contribution in [0.5, 0.6) is 5.75 Å². The van der Waals surface area contributed by atoms with Crippen molar-refractivity contribution in [2.75, 3.05) is 18.0 Å². The largest absolute Gasteiger partial charge is 0.490 e. The minimum absolute atomic E-state index is 0.157. The maximum atomic E-state index is 13.2. The van der Waals surface area contributed by atoms with Crippen LogP contribution in [0.3, 0.4) is 0 Å². The second-order valence-corrected chi connectivity index (χ2v) is 7.27. The number of para-hydroxylation sites is 1. The van der Waals surface area contributed by atoms with Crippen molar-refractivity contribution < 1.29 is 27.8 Å². The molecule has 0 amide bonds. The fraction of sp³-hybridized carbons (Fsp3) is 0.350. The van der Waals surface area contributed by atoms with Crippen molar-refractivity contribution in [1.82, 2.24) is 25.0 Å². The number of anilines is 1. The van der Waals surface area contributed by atoms with Gasteiger partial charge in [-0.1, -0.05) is 17.3 Å². The molecule has 0 radical (unpaired) electrons. The Bertz CT molecular complexity index is 1080. The first-order valence-electron chi connectivity index (χ1n) is 9.82. The molecule has 1 aliphatic heterocycles. The lowest BCUT2D eigenvalue weighted by molar-refractivity contribution is -0.139. The number of nitrogens with zero attached hydrogens (tertiary/aromatic N) is 6. The Morgan fingerprint density at radius 1 is 1.16 bits per heavy atom. The Morgan fingerprint density at radius 2 is 1.84 bits per heavy atom. The Kier molecular flexibility index (Phi) is 5.93. The Balaban J connectivity index is 1.36. The molecule has 0 bridgehead atoms. The van der Waals surface area contributed by atoms with Crippen LogP contribution in [-0.2, 0) is 17.5 Å². The third-order valence-electron chi connectivity index (χ3n) is 4.98. The third-order valence-corrected chi connectivity index (χ3v) is 4.98. The molecule has 0 atom stereocenters. The summed E-state index contributed by atoms with van der Waals surface area (Å²) in [6.07, 6.45) is 0.888. The molecule has 9 nitrogen and oxygen atoms in total. The number of aliphatic carboxylic acids is 1. The number of carboxylic acid groups (broad SMARTS) is 1. The monoisotopic (exact) mass is 448 g/mol. The second kappa shape index (κ2) is 8.81. The van der Waals surface area contributed by atoms with Crippen LogP contribution in [0.15, 0.2) is 42.9 Å². The quantitative estimate of drug-likeness (QED) is 0.614. The van der Waals surface area contributed by atoms with Crippen LogP contribution in [-0.4, -0.2) is 55.2 Å². The van der Waals surface area contributed by atoms with E-state index in [1.807, 2.05) is 4.90 Å². The van der Waals surface area contributed by atoms with E-state index in [1.165, 1.54) is 29.1 Å². The Morgan fingerprint density at radius 3 is 2.50 bits per heavy atom. The number of benzene rings is 1. The molecule has 1 fully saturated rings. The molecule has 0 spiro atoms. The van der Waals surface area contributed by atoms with E-state index in [1.54, 1.807) is 12.4 Å². The van der Waals surface area contributed by atoms with Crippen molar-refractivity contribution in [2.24, 2.45) is 0 Å². The van der Waals surface area contributed by atoms with Gasteiger partial charge < -0.3 is 14.7 Å². The predicted octanol–water partition coefficient (Wildman–Crippen LogP) is 2.89. The van der Waals surface area contributed by atoms with E-state index in [9.17, 15) is 18.0 Å². The summed E-state index contributed by atoms with van der Waals surface area (Å²) in [6.45, 7) is 0.774. The molecule has 12 heteroatoms. The summed E-state index contributed by atoms with van der Waals surface area (Å²) in [5.41, 5.74) is 0.266. The number of halogens is 3. The van der Waals surface area contributed by atoms with Crippen LogP contribution in [0.4, 0.5) is 19.1 Å². The summed E-state index contributed by atoms with van der Waals surface area (Å²) in [4.78, 5) is 21.3. The minimum Gasteiger partial charge on any atom is -0.490 e. The lowest BCUT2D eigenvalue weighted by Crippen LogP contribution is -2.39. The van der Waals surface area contributed by atoms with Crippen molar-refractivity contribution in [3.63, 3.8) is 0 Å². The topological polar surface area (TPSA) is 106 Å². The molecule has 3 heterocycles. The molecule has 4 rings (SSSR count). The van der Waals surface area contributed by atoms with Crippen LogP contribution < -0.4 is 9.64 Å². The highest BCUT2D eigenvalue weighted by Gasteiger charge is 2.35. The number of hydrogen-bond acceptors (Lipinski definition) is 7. The molecule has 3 aromatic rings.